The molecule has 0 aromatic heterocycles. The van der Waals surface area contributed by atoms with Gasteiger partial charge in [-0.15, -0.1) is 12.4 Å². The molecule has 1 atom stereocenters. The molecule has 1 unspecified atom stereocenters. The molecule has 10 heavy (non-hydrogen) atoms. The summed E-state index contributed by atoms with van der Waals surface area (Å²) in [7, 11) is -2.04. The van der Waals surface area contributed by atoms with Crippen LogP contribution < -0.4 is 5.32 Å². The number of nitrogens with zero attached hydrogens (tertiary/aromatic N) is 1. The van der Waals surface area contributed by atoms with Gasteiger partial charge in [-0.3, -0.25) is 0 Å². The highest BCUT2D eigenvalue weighted by atomic mass is 32.2. The highest BCUT2D eigenvalue weighted by Crippen LogP contribution is 1.92. The van der Waals surface area contributed by atoms with Crippen molar-refractivity contribution < 1.29 is 12.4 Å². The summed E-state index contributed by atoms with van der Waals surface area (Å²) in [5.74, 6) is 0. The van der Waals surface area contributed by atoms with Gasteiger partial charge in [0.2, 0.25) is 0 Å². The largest absolute Gasteiger partial charge is 0.459 e. The maximum absolute atomic E-state index is 10.5. The van der Waals surface area contributed by atoms with E-state index >= 15 is 0 Å². The predicted molar refractivity (Wildman–Crippen MR) is 36.4 cm³/mol. The van der Waals surface area contributed by atoms with Crippen molar-refractivity contribution in [3.05, 3.63) is 0 Å². The van der Waals surface area contributed by atoms with Gasteiger partial charge in [-0.05, 0) is 0 Å². The standard InChI is InChI=1S/C5H11N2O2S/c1-5-4-6-2-3-7(5)10(8)9/h5-6H,2-4H2,1H3/q+1. The van der Waals surface area contributed by atoms with Crippen molar-refractivity contribution in [2.75, 3.05) is 19.6 Å². The van der Waals surface area contributed by atoms with Gasteiger partial charge in [0.15, 0.2) is 12.6 Å². The number of piperazine rings is 1. The predicted octanol–water partition coefficient (Wildman–Crippen LogP) is -0.947. The summed E-state index contributed by atoms with van der Waals surface area (Å²) < 4.78 is 22.4. The fraction of sp³-hybridized carbons (Fsp3) is 1.00. The second kappa shape index (κ2) is 3.12. The lowest BCUT2D eigenvalue weighted by Crippen LogP contribution is -2.44. The van der Waals surface area contributed by atoms with Crippen molar-refractivity contribution in [1.29, 1.82) is 0 Å². The van der Waals surface area contributed by atoms with E-state index in [9.17, 15) is 8.42 Å². The normalized spacial score (nSPS) is 26.5. The summed E-state index contributed by atoms with van der Waals surface area (Å²) in [5, 5.41) is 3.10. The summed E-state index contributed by atoms with van der Waals surface area (Å²) in [6.07, 6.45) is 0. The van der Waals surface area contributed by atoms with Gasteiger partial charge in [0.05, 0.1) is 13.1 Å². The van der Waals surface area contributed by atoms with E-state index in [1.54, 1.807) is 0 Å². The van der Waals surface area contributed by atoms with Crippen molar-refractivity contribution in [2.24, 2.45) is 0 Å². The quantitative estimate of drug-likeness (QED) is 0.469. The monoisotopic (exact) mass is 163 g/mol. The van der Waals surface area contributed by atoms with E-state index in [1.807, 2.05) is 6.92 Å². The molecule has 1 aliphatic heterocycles. The molecule has 0 bridgehead atoms. The molecule has 58 valence electrons. The van der Waals surface area contributed by atoms with Crippen LogP contribution in [0.4, 0.5) is 0 Å². The van der Waals surface area contributed by atoms with Crippen LogP contribution in [0.3, 0.4) is 0 Å². The van der Waals surface area contributed by atoms with E-state index in [0.717, 1.165) is 13.1 Å². The third-order valence-corrected chi connectivity index (χ3v) is 2.56. The minimum atomic E-state index is -2.04. The van der Waals surface area contributed by atoms with E-state index in [2.05, 4.69) is 5.32 Å². The molecule has 1 rings (SSSR count). The molecule has 0 radical (unpaired) electrons. The van der Waals surface area contributed by atoms with Crippen molar-refractivity contribution in [3.8, 4) is 0 Å². The maximum Gasteiger partial charge on any atom is 0.459 e. The average Bonchev–Trinajstić information content (AvgIpc) is 1.88. The summed E-state index contributed by atoms with van der Waals surface area (Å²) in [4.78, 5) is 0. The third kappa shape index (κ3) is 1.54. The number of hydrogen-bond donors (Lipinski definition) is 1. The van der Waals surface area contributed by atoms with Gasteiger partial charge in [-0.25, -0.2) is 0 Å². The van der Waals surface area contributed by atoms with E-state index in [0.29, 0.717) is 6.54 Å². The van der Waals surface area contributed by atoms with Crippen LogP contribution in [0.1, 0.15) is 6.92 Å². The fourth-order valence-electron chi connectivity index (χ4n) is 1.04. The zero-order chi connectivity index (χ0) is 7.56. The van der Waals surface area contributed by atoms with Crippen LogP contribution in [0.25, 0.3) is 0 Å². The van der Waals surface area contributed by atoms with Gasteiger partial charge >= 0.3 is 10.5 Å². The van der Waals surface area contributed by atoms with Crippen LogP contribution in [0, 0.1) is 0 Å². The molecule has 0 aromatic carbocycles. The minimum Gasteiger partial charge on any atom is -0.305 e. The molecule has 1 saturated heterocycles. The molecule has 0 spiro atoms. The van der Waals surface area contributed by atoms with Gasteiger partial charge in [-0.2, -0.15) is 0 Å². The average molecular weight is 163 g/mol. The van der Waals surface area contributed by atoms with E-state index in [4.69, 9.17) is 0 Å². The molecule has 5 heteroatoms. The van der Waals surface area contributed by atoms with Crippen LogP contribution >= 0.6 is 0 Å². The Morgan fingerprint density at radius 2 is 2.30 bits per heavy atom. The molecular formula is C5H11N2O2S+. The molecule has 0 saturated carbocycles. The first-order valence-electron chi connectivity index (χ1n) is 3.28. The molecule has 4 nitrogen and oxygen atoms in total. The first kappa shape index (κ1) is 7.68. The molecule has 1 fully saturated rings. The Balaban J connectivity index is 2.86. The van der Waals surface area contributed by atoms with Crippen molar-refractivity contribution in [1.82, 2.24) is 5.32 Å². The Kier molecular flexibility index (Phi) is 2.39. The first-order chi connectivity index (χ1) is 4.72. The minimum absolute atomic E-state index is 0.104. The zero-order valence-corrected chi connectivity index (χ0v) is 6.69. The number of rotatable bonds is 0. The summed E-state index contributed by atoms with van der Waals surface area (Å²) in [6.45, 7) is 4.01. The summed E-state index contributed by atoms with van der Waals surface area (Å²) >= 11 is 0. The van der Waals surface area contributed by atoms with Gasteiger partial charge in [-0.1, -0.05) is 0 Å². The van der Waals surface area contributed by atoms with Gasteiger partial charge in [0.1, 0.15) is 0 Å². The zero-order valence-electron chi connectivity index (χ0n) is 5.87. The van der Waals surface area contributed by atoms with Crippen molar-refractivity contribution >= 4 is 10.5 Å². The van der Waals surface area contributed by atoms with Crippen LogP contribution in [-0.4, -0.2) is 38.0 Å². The lowest BCUT2D eigenvalue weighted by molar-refractivity contribution is -0.544. The van der Waals surface area contributed by atoms with E-state index < -0.39 is 10.5 Å². The Labute approximate surface area is 61.5 Å². The molecule has 1 heterocycles. The molecule has 0 amide bonds. The Morgan fingerprint density at radius 1 is 1.60 bits per heavy atom. The topological polar surface area (TPSA) is 49.2 Å². The first-order valence-corrected chi connectivity index (χ1v) is 4.31. The van der Waals surface area contributed by atoms with Gasteiger partial charge in [0.25, 0.3) is 0 Å². The lowest BCUT2D eigenvalue weighted by atomic mass is 10.3. The number of hydrogen-bond acceptors (Lipinski definition) is 3. The second-order valence-electron chi connectivity index (χ2n) is 2.41. The smallest absolute Gasteiger partial charge is 0.305 e. The van der Waals surface area contributed by atoms with Crippen LogP contribution in [0.2, 0.25) is 0 Å². The molecule has 1 N–H and O–H groups in total. The molecule has 0 aromatic rings. The lowest BCUT2D eigenvalue weighted by Gasteiger charge is -2.13. The van der Waals surface area contributed by atoms with Crippen molar-refractivity contribution in [3.63, 3.8) is 0 Å². The Bertz CT molecular complexity index is 236. The maximum atomic E-state index is 10.5. The summed E-state index contributed by atoms with van der Waals surface area (Å²) in [6, 6.07) is 0.104. The second-order valence-corrected chi connectivity index (χ2v) is 3.31. The van der Waals surface area contributed by atoms with Crippen LogP contribution in [-0.2, 0) is 10.5 Å². The Morgan fingerprint density at radius 3 is 2.70 bits per heavy atom. The fourth-order valence-corrected chi connectivity index (χ4v) is 1.65. The van der Waals surface area contributed by atoms with Crippen LogP contribution in [0.15, 0.2) is 0 Å². The summed E-state index contributed by atoms with van der Waals surface area (Å²) in [5.41, 5.74) is 0. The van der Waals surface area contributed by atoms with E-state index in [1.165, 1.54) is 3.95 Å². The highest BCUT2D eigenvalue weighted by Gasteiger charge is 2.21. The molecule has 0 aliphatic carbocycles. The molecular weight excluding hydrogens is 152 g/mol. The SMILES string of the molecule is CC1CNCC[N+]1=S(=O)=O. The molecule has 1 aliphatic rings. The number of nitrogens with one attached hydrogen (secondary N) is 1. The van der Waals surface area contributed by atoms with Gasteiger partial charge in [0, 0.05) is 6.92 Å². The van der Waals surface area contributed by atoms with Crippen molar-refractivity contribution in [2.45, 2.75) is 13.0 Å². The highest BCUT2D eigenvalue weighted by molar-refractivity contribution is 7.58. The van der Waals surface area contributed by atoms with E-state index in [-0.39, 0.29) is 6.04 Å². The Hall–Kier alpha value is -0.420. The third-order valence-electron chi connectivity index (χ3n) is 1.63. The van der Waals surface area contributed by atoms with Gasteiger partial charge < -0.3 is 5.32 Å². The van der Waals surface area contributed by atoms with Crippen LogP contribution in [0.5, 0.6) is 0 Å².